The molecule has 0 radical (unpaired) electrons. The normalized spacial score (nSPS) is 13.4. The molecule has 0 heterocycles. The number of carboxylic acid groups (broad SMARTS) is 3. The highest BCUT2D eigenvalue weighted by Gasteiger charge is 2.28. The van der Waals surface area contributed by atoms with E-state index in [0.29, 0.717) is 11.5 Å². The van der Waals surface area contributed by atoms with E-state index in [-0.39, 0.29) is 32.1 Å². The molecule has 0 fully saturated rings. The van der Waals surface area contributed by atoms with Crippen molar-refractivity contribution in [3.8, 4) is 0 Å². The number of nitrogens with two attached hydrogens (primary N) is 1. The molecular formula is C24H40N6O11S2. The summed E-state index contributed by atoms with van der Waals surface area (Å²) in [7, 11) is 0. The van der Waals surface area contributed by atoms with Crippen molar-refractivity contribution >= 4 is 71.0 Å². The smallest absolute Gasteiger partial charge is 0.326 e. The van der Waals surface area contributed by atoms with Crippen LogP contribution in [-0.2, 0) is 38.4 Å². The number of aliphatic carboxylic acids is 3. The fraction of sp³-hybridized carbons (Fsp3) is 0.667. The fourth-order valence-electron chi connectivity index (χ4n) is 3.30. The van der Waals surface area contributed by atoms with Crippen molar-refractivity contribution in [1.82, 2.24) is 26.6 Å². The second-order valence-electron chi connectivity index (χ2n) is 9.11. The number of amides is 5. The summed E-state index contributed by atoms with van der Waals surface area (Å²) in [4.78, 5) is 95.5. The number of hydrogen-bond donors (Lipinski definition) is 9. The molecule has 0 unspecified atom stereocenters. The zero-order chi connectivity index (χ0) is 32.9. The van der Waals surface area contributed by atoms with Gasteiger partial charge in [0.2, 0.25) is 29.5 Å². The Morgan fingerprint density at radius 3 is 1.53 bits per heavy atom. The van der Waals surface area contributed by atoms with Gasteiger partial charge in [-0.25, -0.2) is 4.79 Å². The molecule has 5 amide bonds. The molecule has 0 aromatic heterocycles. The van der Waals surface area contributed by atoms with Crippen LogP contribution in [0.2, 0.25) is 0 Å². The van der Waals surface area contributed by atoms with Gasteiger partial charge in [0.15, 0.2) is 0 Å². The third-order valence-corrected chi connectivity index (χ3v) is 6.93. The Balaban J connectivity index is 5.30. The molecular weight excluding hydrogens is 612 g/mol. The number of nitrogens with one attached hydrogen (secondary N) is 5. The van der Waals surface area contributed by atoms with E-state index >= 15 is 0 Å². The van der Waals surface area contributed by atoms with Crippen molar-refractivity contribution in [1.29, 1.82) is 0 Å². The van der Waals surface area contributed by atoms with Crippen LogP contribution >= 0.6 is 23.5 Å². The maximum Gasteiger partial charge on any atom is 0.326 e. The average Bonchev–Trinajstić information content (AvgIpc) is 2.94. The summed E-state index contributed by atoms with van der Waals surface area (Å²) < 4.78 is 0. The molecule has 0 saturated heterocycles. The summed E-state index contributed by atoms with van der Waals surface area (Å²) in [5.41, 5.74) is 5.59. The van der Waals surface area contributed by atoms with Gasteiger partial charge in [0.1, 0.15) is 18.1 Å². The van der Waals surface area contributed by atoms with E-state index in [1.54, 1.807) is 12.5 Å². The first-order chi connectivity index (χ1) is 20.2. The van der Waals surface area contributed by atoms with Crippen LogP contribution in [0.15, 0.2) is 0 Å². The van der Waals surface area contributed by atoms with Crippen LogP contribution in [0, 0.1) is 0 Å². The van der Waals surface area contributed by atoms with Crippen LogP contribution in [0.25, 0.3) is 0 Å². The van der Waals surface area contributed by atoms with Crippen molar-refractivity contribution < 1.29 is 53.7 Å². The molecule has 19 heteroatoms. The van der Waals surface area contributed by atoms with E-state index in [4.69, 9.17) is 15.9 Å². The molecule has 0 aliphatic carbocycles. The van der Waals surface area contributed by atoms with Gasteiger partial charge in [-0.2, -0.15) is 23.5 Å². The lowest BCUT2D eigenvalue weighted by atomic mass is 10.1. The lowest BCUT2D eigenvalue weighted by molar-refractivity contribution is -0.142. The number of hydrogen-bond acceptors (Lipinski definition) is 11. The lowest BCUT2D eigenvalue weighted by Crippen LogP contribution is -2.56. The van der Waals surface area contributed by atoms with Crippen molar-refractivity contribution in [2.75, 3.05) is 37.1 Å². The lowest BCUT2D eigenvalue weighted by Gasteiger charge is -2.23. The highest BCUT2D eigenvalue weighted by molar-refractivity contribution is 7.98. The summed E-state index contributed by atoms with van der Waals surface area (Å²) in [6.07, 6.45) is 2.40. The van der Waals surface area contributed by atoms with E-state index in [0.717, 1.165) is 0 Å². The summed E-state index contributed by atoms with van der Waals surface area (Å²) in [6, 6.07) is -4.94. The van der Waals surface area contributed by atoms with Gasteiger partial charge in [-0.15, -0.1) is 0 Å². The van der Waals surface area contributed by atoms with Crippen LogP contribution in [0.3, 0.4) is 0 Å². The van der Waals surface area contributed by atoms with Crippen LogP contribution in [0.4, 0.5) is 0 Å². The minimum Gasteiger partial charge on any atom is -0.481 e. The molecule has 0 aromatic rings. The van der Waals surface area contributed by atoms with E-state index in [1.807, 2.05) is 0 Å². The van der Waals surface area contributed by atoms with E-state index in [2.05, 4.69) is 26.6 Å². The molecule has 244 valence electrons. The largest absolute Gasteiger partial charge is 0.481 e. The zero-order valence-corrected chi connectivity index (χ0v) is 25.5. The molecule has 4 atom stereocenters. The predicted molar refractivity (Wildman–Crippen MR) is 157 cm³/mol. The number of carboxylic acids is 3. The molecule has 0 aliphatic heterocycles. The van der Waals surface area contributed by atoms with Gasteiger partial charge in [0.25, 0.3) is 0 Å². The van der Waals surface area contributed by atoms with E-state index in [9.17, 15) is 43.5 Å². The standard InChI is InChI=1S/C24H40N6O11S2/c1-42-9-7-15(28-17(31)11-26-21(37)13(25)3-5-19(33)34)23(39)30-14(4-6-20(35)36)22(38)27-12-18(32)29-16(24(40)41)8-10-43-2/h13-16H,3-12,25H2,1-2H3,(H,26,37)(H,27,38)(H,28,31)(H,29,32)(H,30,39)(H,33,34)(H,35,36)(H,40,41)/t13-,14-,15-,16-/m0/s1. The highest BCUT2D eigenvalue weighted by atomic mass is 32.2. The Bertz CT molecular complexity index is 1000. The van der Waals surface area contributed by atoms with Crippen molar-refractivity contribution in [3.05, 3.63) is 0 Å². The predicted octanol–water partition coefficient (Wildman–Crippen LogP) is -2.68. The quantitative estimate of drug-likeness (QED) is 0.0544. The zero-order valence-electron chi connectivity index (χ0n) is 23.9. The van der Waals surface area contributed by atoms with Gasteiger partial charge in [0.05, 0.1) is 19.1 Å². The summed E-state index contributed by atoms with van der Waals surface area (Å²) in [5.74, 6) is -6.87. The Hall–Kier alpha value is -3.58. The number of carbonyl (C=O) groups excluding carboxylic acids is 5. The van der Waals surface area contributed by atoms with Gasteiger partial charge in [-0.05, 0) is 49.7 Å². The number of carbonyl (C=O) groups is 8. The van der Waals surface area contributed by atoms with Crippen LogP contribution in [0.1, 0.15) is 38.5 Å². The van der Waals surface area contributed by atoms with E-state index in [1.165, 1.54) is 23.5 Å². The topological polar surface area (TPSA) is 283 Å². The van der Waals surface area contributed by atoms with Crippen molar-refractivity contribution in [3.63, 3.8) is 0 Å². The molecule has 17 nitrogen and oxygen atoms in total. The number of thioether (sulfide) groups is 2. The summed E-state index contributed by atoms with van der Waals surface area (Å²) in [5, 5.41) is 38.6. The van der Waals surface area contributed by atoms with Gasteiger partial charge >= 0.3 is 17.9 Å². The van der Waals surface area contributed by atoms with Crippen LogP contribution < -0.4 is 32.3 Å². The molecule has 0 spiro atoms. The SMILES string of the molecule is CSCC[C@H](NC(=O)CNC(=O)[C@H](CCC(=O)O)NC(=O)[C@H](CCSC)NC(=O)CNC(=O)[C@@H](N)CCC(=O)O)C(=O)O. The Labute approximate surface area is 256 Å². The molecule has 0 aliphatic rings. The second-order valence-corrected chi connectivity index (χ2v) is 11.1. The van der Waals surface area contributed by atoms with Crippen LogP contribution in [-0.4, -0.2) is 124 Å². The monoisotopic (exact) mass is 652 g/mol. The first-order valence-corrected chi connectivity index (χ1v) is 15.8. The summed E-state index contributed by atoms with van der Waals surface area (Å²) >= 11 is 2.74. The molecule has 0 bridgehead atoms. The van der Waals surface area contributed by atoms with Gasteiger partial charge in [-0.3, -0.25) is 33.6 Å². The fourth-order valence-corrected chi connectivity index (χ4v) is 4.24. The average molecular weight is 653 g/mol. The highest BCUT2D eigenvalue weighted by Crippen LogP contribution is 2.05. The Morgan fingerprint density at radius 1 is 0.605 bits per heavy atom. The molecule has 0 aromatic carbocycles. The maximum absolute atomic E-state index is 13.0. The van der Waals surface area contributed by atoms with Gasteiger partial charge in [-0.1, -0.05) is 0 Å². The summed E-state index contributed by atoms with van der Waals surface area (Å²) in [6.45, 7) is -1.21. The van der Waals surface area contributed by atoms with Crippen LogP contribution in [0.5, 0.6) is 0 Å². The Morgan fingerprint density at radius 2 is 1.05 bits per heavy atom. The third-order valence-electron chi connectivity index (χ3n) is 5.64. The van der Waals surface area contributed by atoms with Gasteiger partial charge < -0.3 is 47.6 Å². The minimum absolute atomic E-state index is 0.104. The van der Waals surface area contributed by atoms with Crippen molar-refractivity contribution in [2.45, 2.75) is 62.7 Å². The number of rotatable bonds is 23. The second kappa shape index (κ2) is 22.0. The Kier molecular flexibility index (Phi) is 20.2. The van der Waals surface area contributed by atoms with Crippen molar-refractivity contribution in [2.24, 2.45) is 5.73 Å². The third kappa shape index (κ3) is 18.5. The molecule has 10 N–H and O–H groups in total. The molecule has 0 rings (SSSR count). The van der Waals surface area contributed by atoms with E-state index < -0.39 is 91.1 Å². The first-order valence-electron chi connectivity index (χ1n) is 13.1. The molecule has 0 saturated carbocycles. The molecule has 43 heavy (non-hydrogen) atoms. The minimum atomic E-state index is -1.41. The maximum atomic E-state index is 13.0. The van der Waals surface area contributed by atoms with Gasteiger partial charge in [0, 0.05) is 12.8 Å². The first kappa shape index (κ1) is 39.4.